The van der Waals surface area contributed by atoms with Crippen LogP contribution in [-0.4, -0.2) is 30.1 Å². The number of nitrogens with zero attached hydrogens (tertiary/aromatic N) is 1. The highest BCUT2D eigenvalue weighted by Gasteiger charge is 2.22. The van der Waals surface area contributed by atoms with Crippen molar-refractivity contribution in [2.75, 3.05) is 7.05 Å². The molecule has 0 aromatic carbocycles. The van der Waals surface area contributed by atoms with Gasteiger partial charge in [-0.25, -0.2) is 0 Å². The zero-order chi connectivity index (χ0) is 10.6. The Morgan fingerprint density at radius 2 is 1.79 bits per heavy atom. The summed E-state index contributed by atoms with van der Waals surface area (Å²) in [6.45, 7) is 4.41. The largest absolute Gasteiger partial charge is 0.328 e. The van der Waals surface area contributed by atoms with Gasteiger partial charge < -0.3 is 10.6 Å². The first kappa shape index (κ1) is 12.0. The third kappa shape index (κ3) is 3.58. The molecular formula is C12H26N2. The van der Waals surface area contributed by atoms with Crippen LogP contribution in [0.15, 0.2) is 0 Å². The molecule has 0 spiro atoms. The smallest absolute Gasteiger partial charge is 0.00950 e. The van der Waals surface area contributed by atoms with Gasteiger partial charge in [-0.05, 0) is 40.2 Å². The Balaban J connectivity index is 2.33. The van der Waals surface area contributed by atoms with E-state index in [0.29, 0.717) is 12.1 Å². The molecular weight excluding hydrogens is 172 g/mol. The molecule has 0 radical (unpaired) electrons. The number of nitrogens with two attached hydrogens (primary N) is 1. The zero-order valence-electron chi connectivity index (χ0n) is 10.00. The van der Waals surface area contributed by atoms with Crippen molar-refractivity contribution in [3.8, 4) is 0 Å². The van der Waals surface area contributed by atoms with E-state index in [-0.39, 0.29) is 0 Å². The van der Waals surface area contributed by atoms with E-state index >= 15 is 0 Å². The van der Waals surface area contributed by atoms with Crippen molar-refractivity contribution >= 4 is 0 Å². The van der Waals surface area contributed by atoms with Crippen LogP contribution in [0.25, 0.3) is 0 Å². The molecule has 1 aliphatic carbocycles. The summed E-state index contributed by atoms with van der Waals surface area (Å²) in [5.74, 6) is 0. The fraction of sp³-hybridized carbons (Fsp3) is 1.00. The monoisotopic (exact) mass is 198 g/mol. The van der Waals surface area contributed by atoms with Crippen LogP contribution in [0.5, 0.6) is 0 Å². The molecule has 1 saturated carbocycles. The van der Waals surface area contributed by atoms with Gasteiger partial charge in [0.15, 0.2) is 0 Å². The topological polar surface area (TPSA) is 29.3 Å². The van der Waals surface area contributed by atoms with Crippen molar-refractivity contribution in [1.82, 2.24) is 4.90 Å². The fourth-order valence-corrected chi connectivity index (χ4v) is 2.55. The van der Waals surface area contributed by atoms with Crippen LogP contribution in [0.3, 0.4) is 0 Å². The minimum absolute atomic E-state index is 0.330. The zero-order valence-corrected chi connectivity index (χ0v) is 10.00. The number of rotatable bonds is 4. The SMILES string of the molecule is CC(N)CC(C)N(C)C1CCCCC1. The molecule has 0 bridgehead atoms. The second-order valence-corrected chi connectivity index (χ2v) is 5.02. The van der Waals surface area contributed by atoms with Gasteiger partial charge in [-0.1, -0.05) is 19.3 Å². The van der Waals surface area contributed by atoms with Crippen LogP contribution in [0.4, 0.5) is 0 Å². The predicted octanol–water partition coefficient (Wildman–Crippen LogP) is 2.38. The van der Waals surface area contributed by atoms with Crippen LogP contribution in [-0.2, 0) is 0 Å². The molecule has 0 aromatic rings. The van der Waals surface area contributed by atoms with Crippen molar-refractivity contribution in [3.63, 3.8) is 0 Å². The lowest BCUT2D eigenvalue weighted by Crippen LogP contribution is -2.42. The molecule has 2 N–H and O–H groups in total. The predicted molar refractivity (Wildman–Crippen MR) is 62.4 cm³/mol. The van der Waals surface area contributed by atoms with Gasteiger partial charge in [-0.15, -0.1) is 0 Å². The van der Waals surface area contributed by atoms with E-state index in [9.17, 15) is 0 Å². The molecule has 1 fully saturated rings. The second-order valence-electron chi connectivity index (χ2n) is 5.02. The summed E-state index contributed by atoms with van der Waals surface area (Å²) in [5, 5.41) is 0. The molecule has 1 rings (SSSR count). The van der Waals surface area contributed by atoms with Gasteiger partial charge in [-0.2, -0.15) is 0 Å². The van der Waals surface area contributed by atoms with Crippen LogP contribution in [0, 0.1) is 0 Å². The van der Waals surface area contributed by atoms with Gasteiger partial charge in [0.1, 0.15) is 0 Å². The minimum atomic E-state index is 0.330. The first-order valence-electron chi connectivity index (χ1n) is 6.08. The lowest BCUT2D eigenvalue weighted by atomic mass is 9.93. The fourth-order valence-electron chi connectivity index (χ4n) is 2.55. The number of hydrogen-bond acceptors (Lipinski definition) is 2. The van der Waals surface area contributed by atoms with Gasteiger partial charge in [0, 0.05) is 18.1 Å². The number of hydrogen-bond donors (Lipinski definition) is 1. The summed E-state index contributed by atoms with van der Waals surface area (Å²) in [6, 6.07) is 1.78. The molecule has 2 unspecified atom stereocenters. The van der Waals surface area contributed by atoms with Gasteiger partial charge in [-0.3, -0.25) is 0 Å². The van der Waals surface area contributed by atoms with Crippen LogP contribution < -0.4 is 5.73 Å². The molecule has 2 atom stereocenters. The molecule has 0 aromatic heterocycles. The normalized spacial score (nSPS) is 23.8. The Bertz CT molecular complexity index is 150. The Labute approximate surface area is 88.8 Å². The van der Waals surface area contributed by atoms with Gasteiger partial charge >= 0.3 is 0 Å². The van der Waals surface area contributed by atoms with Gasteiger partial charge in [0.05, 0.1) is 0 Å². The van der Waals surface area contributed by atoms with E-state index in [1.165, 1.54) is 32.1 Å². The van der Waals surface area contributed by atoms with Crippen molar-refractivity contribution in [2.24, 2.45) is 5.73 Å². The molecule has 1 aliphatic rings. The molecule has 0 heterocycles. The molecule has 14 heavy (non-hydrogen) atoms. The van der Waals surface area contributed by atoms with Gasteiger partial charge in [0.25, 0.3) is 0 Å². The van der Waals surface area contributed by atoms with E-state index in [1.54, 1.807) is 0 Å². The Morgan fingerprint density at radius 1 is 1.21 bits per heavy atom. The Morgan fingerprint density at radius 3 is 2.29 bits per heavy atom. The van der Waals surface area contributed by atoms with E-state index < -0.39 is 0 Å². The summed E-state index contributed by atoms with van der Waals surface area (Å²) in [7, 11) is 2.27. The maximum Gasteiger partial charge on any atom is 0.00950 e. The van der Waals surface area contributed by atoms with E-state index in [0.717, 1.165) is 12.5 Å². The van der Waals surface area contributed by atoms with Crippen molar-refractivity contribution in [2.45, 2.75) is 70.5 Å². The van der Waals surface area contributed by atoms with Crippen molar-refractivity contribution in [1.29, 1.82) is 0 Å². The summed E-state index contributed by atoms with van der Waals surface area (Å²) in [4.78, 5) is 2.54. The lowest BCUT2D eigenvalue weighted by molar-refractivity contribution is 0.137. The Kier molecular flexibility index (Phi) is 4.90. The maximum atomic E-state index is 5.83. The summed E-state index contributed by atoms with van der Waals surface area (Å²) in [6.07, 6.45) is 8.17. The molecule has 84 valence electrons. The average Bonchev–Trinajstić information content (AvgIpc) is 2.17. The third-order valence-corrected chi connectivity index (χ3v) is 3.56. The van der Waals surface area contributed by atoms with Gasteiger partial charge in [0.2, 0.25) is 0 Å². The van der Waals surface area contributed by atoms with E-state index in [1.807, 2.05) is 0 Å². The molecule has 0 aliphatic heterocycles. The van der Waals surface area contributed by atoms with Crippen LogP contribution in [0.2, 0.25) is 0 Å². The van der Waals surface area contributed by atoms with E-state index in [4.69, 9.17) is 5.73 Å². The van der Waals surface area contributed by atoms with Crippen LogP contribution >= 0.6 is 0 Å². The van der Waals surface area contributed by atoms with E-state index in [2.05, 4.69) is 25.8 Å². The van der Waals surface area contributed by atoms with Crippen LogP contribution in [0.1, 0.15) is 52.4 Å². The first-order valence-corrected chi connectivity index (χ1v) is 6.08. The maximum absolute atomic E-state index is 5.83. The minimum Gasteiger partial charge on any atom is -0.328 e. The first-order chi connectivity index (χ1) is 6.61. The standard InChI is InChI=1S/C12H26N2/c1-10(13)9-11(2)14(3)12-7-5-4-6-8-12/h10-12H,4-9,13H2,1-3H3. The second kappa shape index (κ2) is 5.72. The molecule has 0 saturated heterocycles. The molecule has 2 nitrogen and oxygen atoms in total. The highest BCUT2D eigenvalue weighted by Crippen LogP contribution is 2.23. The highest BCUT2D eigenvalue weighted by atomic mass is 15.2. The lowest BCUT2D eigenvalue weighted by Gasteiger charge is -2.36. The van der Waals surface area contributed by atoms with Crippen molar-refractivity contribution < 1.29 is 0 Å². The molecule has 0 amide bonds. The third-order valence-electron chi connectivity index (χ3n) is 3.56. The Hall–Kier alpha value is -0.0800. The highest BCUT2D eigenvalue weighted by molar-refractivity contribution is 4.78. The quantitative estimate of drug-likeness (QED) is 0.751. The average molecular weight is 198 g/mol. The summed E-state index contributed by atoms with van der Waals surface area (Å²) >= 11 is 0. The summed E-state index contributed by atoms with van der Waals surface area (Å²) in [5.41, 5.74) is 5.83. The summed E-state index contributed by atoms with van der Waals surface area (Å²) < 4.78 is 0. The van der Waals surface area contributed by atoms with Crippen molar-refractivity contribution in [3.05, 3.63) is 0 Å². The molecule has 2 heteroatoms.